The first kappa shape index (κ1) is 10.7. The minimum absolute atomic E-state index is 0.735. The number of benzene rings is 1. The smallest absolute Gasteiger partial charge is 0.000804 e. The van der Waals surface area contributed by atoms with Crippen molar-refractivity contribution in [2.45, 2.75) is 26.2 Å². The highest BCUT2D eigenvalue weighted by atomic mass is 14.9. The van der Waals surface area contributed by atoms with E-state index in [1.165, 1.54) is 25.1 Å². The van der Waals surface area contributed by atoms with Crippen molar-refractivity contribution in [1.29, 1.82) is 0 Å². The van der Waals surface area contributed by atoms with Gasteiger partial charge in [0.2, 0.25) is 0 Å². The molecule has 1 aliphatic rings. The van der Waals surface area contributed by atoms with Crippen molar-refractivity contribution >= 4 is 0 Å². The molecular weight excluding hydrogens is 182 g/mol. The summed E-state index contributed by atoms with van der Waals surface area (Å²) in [6.45, 7) is 7.11. The van der Waals surface area contributed by atoms with Gasteiger partial charge in [-0.2, -0.15) is 0 Å². The maximum atomic E-state index is 3.36. The molecule has 0 bridgehead atoms. The molecule has 0 aromatic heterocycles. The Labute approximate surface area is 92.9 Å². The second-order valence-corrected chi connectivity index (χ2v) is 5.02. The van der Waals surface area contributed by atoms with Crippen LogP contribution >= 0.6 is 0 Å². The van der Waals surface area contributed by atoms with Crippen LogP contribution < -0.4 is 5.32 Å². The minimum Gasteiger partial charge on any atom is -0.316 e. The molecule has 0 radical (unpaired) electrons. The summed E-state index contributed by atoms with van der Waals surface area (Å²) in [7, 11) is 0. The Hall–Kier alpha value is -0.820. The highest BCUT2D eigenvalue weighted by Crippen LogP contribution is 2.31. The second kappa shape index (κ2) is 4.80. The molecule has 1 aromatic rings. The van der Waals surface area contributed by atoms with E-state index >= 15 is 0 Å². The van der Waals surface area contributed by atoms with Crippen molar-refractivity contribution in [3.05, 3.63) is 35.9 Å². The van der Waals surface area contributed by atoms with Crippen LogP contribution in [0.25, 0.3) is 0 Å². The zero-order valence-corrected chi connectivity index (χ0v) is 9.74. The van der Waals surface area contributed by atoms with Crippen LogP contribution in [-0.4, -0.2) is 13.1 Å². The van der Waals surface area contributed by atoms with Crippen molar-refractivity contribution in [3.63, 3.8) is 0 Å². The van der Waals surface area contributed by atoms with Gasteiger partial charge in [-0.1, -0.05) is 44.2 Å². The Kier molecular flexibility index (Phi) is 3.42. The maximum Gasteiger partial charge on any atom is -0.000804 e. The quantitative estimate of drug-likeness (QED) is 0.793. The summed E-state index contributed by atoms with van der Waals surface area (Å²) in [5, 5.41) is 3.36. The molecule has 0 saturated carbocycles. The molecule has 1 atom stereocenters. The Bertz CT molecular complexity index is 287. The van der Waals surface area contributed by atoms with Crippen molar-refractivity contribution < 1.29 is 0 Å². The molecular formula is C14H21N. The van der Waals surface area contributed by atoms with Crippen LogP contribution in [0.2, 0.25) is 0 Å². The van der Waals surface area contributed by atoms with Crippen molar-refractivity contribution in [2.75, 3.05) is 13.1 Å². The van der Waals surface area contributed by atoms with Crippen LogP contribution in [0.4, 0.5) is 0 Å². The standard InChI is InChI=1S/C14H21N/c1-11(2)14(8-12-9-15-10-12)13-6-4-3-5-7-13/h3-7,11-12,14-15H,8-10H2,1-2H3. The molecule has 1 saturated heterocycles. The molecule has 82 valence electrons. The lowest BCUT2D eigenvalue weighted by Gasteiger charge is -2.32. The monoisotopic (exact) mass is 203 g/mol. The first-order chi connectivity index (χ1) is 7.27. The molecule has 0 amide bonds. The lowest BCUT2D eigenvalue weighted by Crippen LogP contribution is -2.42. The molecule has 15 heavy (non-hydrogen) atoms. The predicted molar refractivity (Wildman–Crippen MR) is 65.0 cm³/mol. The van der Waals surface area contributed by atoms with Gasteiger partial charge in [-0.15, -0.1) is 0 Å². The molecule has 1 heterocycles. The van der Waals surface area contributed by atoms with Crippen LogP contribution in [0, 0.1) is 11.8 Å². The predicted octanol–water partition coefficient (Wildman–Crippen LogP) is 3.04. The van der Waals surface area contributed by atoms with E-state index in [0.717, 1.165) is 17.8 Å². The van der Waals surface area contributed by atoms with E-state index in [4.69, 9.17) is 0 Å². The van der Waals surface area contributed by atoms with E-state index in [0.29, 0.717) is 0 Å². The van der Waals surface area contributed by atoms with Gasteiger partial charge in [0, 0.05) is 0 Å². The molecule has 2 rings (SSSR count). The third-order valence-corrected chi connectivity index (χ3v) is 3.49. The second-order valence-electron chi connectivity index (χ2n) is 5.02. The van der Waals surface area contributed by atoms with Gasteiger partial charge in [-0.05, 0) is 42.8 Å². The summed E-state index contributed by atoms with van der Waals surface area (Å²) in [4.78, 5) is 0. The normalized spacial score (nSPS) is 18.9. The van der Waals surface area contributed by atoms with E-state index in [9.17, 15) is 0 Å². The molecule has 1 nitrogen and oxygen atoms in total. The van der Waals surface area contributed by atoms with Crippen LogP contribution in [0.3, 0.4) is 0 Å². The van der Waals surface area contributed by atoms with Gasteiger partial charge in [0.25, 0.3) is 0 Å². The summed E-state index contributed by atoms with van der Waals surface area (Å²) in [5.41, 5.74) is 1.51. The number of rotatable bonds is 4. The molecule has 0 spiro atoms. The van der Waals surface area contributed by atoms with Crippen LogP contribution in [0.15, 0.2) is 30.3 Å². The topological polar surface area (TPSA) is 12.0 Å². The number of hydrogen-bond acceptors (Lipinski definition) is 1. The fraction of sp³-hybridized carbons (Fsp3) is 0.571. The van der Waals surface area contributed by atoms with Crippen LogP contribution in [0.1, 0.15) is 31.7 Å². The molecule has 1 N–H and O–H groups in total. The van der Waals surface area contributed by atoms with E-state index in [2.05, 4.69) is 49.5 Å². The maximum absolute atomic E-state index is 3.36. The highest BCUT2D eigenvalue weighted by Gasteiger charge is 2.24. The summed E-state index contributed by atoms with van der Waals surface area (Å²) >= 11 is 0. The molecule has 1 aliphatic heterocycles. The molecule has 1 fully saturated rings. The molecule has 1 aromatic carbocycles. The average molecular weight is 203 g/mol. The highest BCUT2D eigenvalue weighted by molar-refractivity contribution is 5.20. The Balaban J connectivity index is 2.05. The van der Waals surface area contributed by atoms with Crippen LogP contribution in [0.5, 0.6) is 0 Å². The third-order valence-electron chi connectivity index (χ3n) is 3.49. The van der Waals surface area contributed by atoms with Gasteiger partial charge >= 0.3 is 0 Å². The van der Waals surface area contributed by atoms with Gasteiger partial charge in [0.1, 0.15) is 0 Å². The zero-order valence-electron chi connectivity index (χ0n) is 9.74. The van der Waals surface area contributed by atoms with E-state index in [-0.39, 0.29) is 0 Å². The fourth-order valence-electron chi connectivity index (χ4n) is 2.37. The van der Waals surface area contributed by atoms with Gasteiger partial charge < -0.3 is 5.32 Å². The van der Waals surface area contributed by atoms with E-state index < -0.39 is 0 Å². The summed E-state index contributed by atoms with van der Waals surface area (Å²) in [5.74, 6) is 2.38. The zero-order chi connectivity index (χ0) is 10.7. The van der Waals surface area contributed by atoms with Gasteiger partial charge in [-0.3, -0.25) is 0 Å². The average Bonchev–Trinajstić information content (AvgIpc) is 2.17. The van der Waals surface area contributed by atoms with Crippen molar-refractivity contribution in [2.24, 2.45) is 11.8 Å². The largest absolute Gasteiger partial charge is 0.316 e. The summed E-state index contributed by atoms with van der Waals surface area (Å²) in [6.07, 6.45) is 1.34. The molecule has 0 aliphatic carbocycles. The lowest BCUT2D eigenvalue weighted by atomic mass is 9.80. The number of nitrogens with one attached hydrogen (secondary N) is 1. The van der Waals surface area contributed by atoms with Crippen molar-refractivity contribution in [3.8, 4) is 0 Å². The van der Waals surface area contributed by atoms with E-state index in [1.807, 2.05) is 0 Å². The third kappa shape index (κ3) is 2.60. The Morgan fingerprint density at radius 2 is 1.87 bits per heavy atom. The molecule has 1 heteroatoms. The van der Waals surface area contributed by atoms with Gasteiger partial charge in [0.15, 0.2) is 0 Å². The minimum atomic E-state index is 0.735. The summed E-state index contributed by atoms with van der Waals surface area (Å²) in [6, 6.07) is 11.0. The summed E-state index contributed by atoms with van der Waals surface area (Å²) < 4.78 is 0. The fourth-order valence-corrected chi connectivity index (χ4v) is 2.37. The lowest BCUT2D eigenvalue weighted by molar-refractivity contribution is 0.281. The van der Waals surface area contributed by atoms with Crippen molar-refractivity contribution in [1.82, 2.24) is 5.32 Å². The SMILES string of the molecule is CC(C)C(CC1CNC1)c1ccccc1. The Morgan fingerprint density at radius 3 is 2.33 bits per heavy atom. The van der Waals surface area contributed by atoms with Gasteiger partial charge in [-0.25, -0.2) is 0 Å². The number of hydrogen-bond donors (Lipinski definition) is 1. The van der Waals surface area contributed by atoms with Gasteiger partial charge in [0.05, 0.1) is 0 Å². The first-order valence-electron chi connectivity index (χ1n) is 6.03. The van der Waals surface area contributed by atoms with Crippen LogP contribution in [-0.2, 0) is 0 Å². The molecule has 1 unspecified atom stereocenters. The van der Waals surface area contributed by atoms with E-state index in [1.54, 1.807) is 0 Å². The first-order valence-corrected chi connectivity index (χ1v) is 6.03. The Morgan fingerprint density at radius 1 is 1.20 bits per heavy atom.